The highest BCUT2D eigenvalue weighted by molar-refractivity contribution is 5.32. The standard InChI is InChI=1S/C19H23N3/c1-2-5-15(6-3-1)8-9-18-17(7-4-10-21-18)19-11-16(13-22-19)12-20-14-19/h1-7,10,16,20,22H,8-9,11-14H2. The predicted molar refractivity (Wildman–Crippen MR) is 88.7 cm³/mol. The summed E-state index contributed by atoms with van der Waals surface area (Å²) in [7, 11) is 0. The Labute approximate surface area is 132 Å². The highest BCUT2D eigenvalue weighted by Crippen LogP contribution is 2.37. The van der Waals surface area contributed by atoms with E-state index in [9.17, 15) is 0 Å². The van der Waals surface area contributed by atoms with E-state index in [1.165, 1.54) is 23.2 Å². The summed E-state index contributed by atoms with van der Waals surface area (Å²) in [5.41, 5.74) is 4.14. The first-order chi connectivity index (χ1) is 10.9. The SMILES string of the molecule is c1ccc(CCc2ncccc2C23CNCC(CN2)C3)cc1. The van der Waals surface area contributed by atoms with E-state index in [4.69, 9.17) is 4.98 Å². The summed E-state index contributed by atoms with van der Waals surface area (Å²) >= 11 is 0. The minimum absolute atomic E-state index is 0.100. The molecule has 2 aliphatic heterocycles. The molecule has 0 radical (unpaired) electrons. The molecule has 22 heavy (non-hydrogen) atoms. The van der Waals surface area contributed by atoms with Crippen LogP contribution in [-0.4, -0.2) is 24.6 Å². The Morgan fingerprint density at radius 1 is 1.05 bits per heavy atom. The van der Waals surface area contributed by atoms with E-state index >= 15 is 0 Å². The topological polar surface area (TPSA) is 37.0 Å². The maximum Gasteiger partial charge on any atom is 0.0582 e. The van der Waals surface area contributed by atoms with Crippen molar-refractivity contribution in [2.75, 3.05) is 19.6 Å². The van der Waals surface area contributed by atoms with Gasteiger partial charge in [-0.25, -0.2) is 0 Å². The van der Waals surface area contributed by atoms with Crippen LogP contribution in [0.15, 0.2) is 48.7 Å². The summed E-state index contributed by atoms with van der Waals surface area (Å²) in [6.45, 7) is 3.29. The lowest BCUT2D eigenvalue weighted by molar-refractivity contribution is 0.305. The number of aryl methyl sites for hydroxylation is 2. The van der Waals surface area contributed by atoms with E-state index in [0.717, 1.165) is 38.4 Å². The van der Waals surface area contributed by atoms with E-state index in [2.05, 4.69) is 53.1 Å². The Bertz CT molecular complexity index is 636. The lowest BCUT2D eigenvalue weighted by Gasteiger charge is -2.35. The average Bonchev–Trinajstić information content (AvgIpc) is 2.89. The van der Waals surface area contributed by atoms with Crippen LogP contribution in [0.4, 0.5) is 0 Å². The third-order valence-electron chi connectivity index (χ3n) is 5.13. The van der Waals surface area contributed by atoms with Gasteiger partial charge in [0.15, 0.2) is 0 Å². The number of rotatable bonds is 4. The van der Waals surface area contributed by atoms with Crippen LogP contribution in [0.25, 0.3) is 0 Å². The smallest absolute Gasteiger partial charge is 0.0582 e. The summed E-state index contributed by atoms with van der Waals surface area (Å²) in [6.07, 6.45) is 5.24. The number of piperidine rings is 1. The molecule has 2 aromatic rings. The van der Waals surface area contributed by atoms with Crippen LogP contribution < -0.4 is 10.6 Å². The van der Waals surface area contributed by atoms with Gasteiger partial charge in [0.25, 0.3) is 0 Å². The second-order valence-electron chi connectivity index (χ2n) is 6.65. The predicted octanol–water partition coefficient (Wildman–Crippen LogP) is 2.27. The quantitative estimate of drug-likeness (QED) is 0.908. The van der Waals surface area contributed by atoms with Crippen molar-refractivity contribution < 1.29 is 0 Å². The van der Waals surface area contributed by atoms with Crippen LogP contribution >= 0.6 is 0 Å². The van der Waals surface area contributed by atoms with Crippen LogP contribution in [-0.2, 0) is 18.4 Å². The van der Waals surface area contributed by atoms with Crippen LogP contribution in [0.1, 0.15) is 23.2 Å². The van der Waals surface area contributed by atoms with Crippen molar-refractivity contribution in [1.82, 2.24) is 15.6 Å². The van der Waals surface area contributed by atoms with Gasteiger partial charge < -0.3 is 10.6 Å². The molecule has 1 aromatic heterocycles. The van der Waals surface area contributed by atoms with Crippen molar-refractivity contribution >= 4 is 0 Å². The molecule has 2 bridgehead atoms. The zero-order chi connectivity index (χ0) is 14.8. The highest BCUT2D eigenvalue weighted by atomic mass is 15.1. The van der Waals surface area contributed by atoms with E-state index < -0.39 is 0 Å². The molecule has 1 aromatic carbocycles. The molecule has 2 saturated heterocycles. The number of fused-ring (bicyclic) bond motifs is 2. The molecule has 2 aliphatic rings. The van der Waals surface area contributed by atoms with Crippen LogP contribution in [0, 0.1) is 5.92 Å². The third-order valence-corrected chi connectivity index (χ3v) is 5.13. The second-order valence-corrected chi connectivity index (χ2v) is 6.65. The molecule has 3 nitrogen and oxygen atoms in total. The Morgan fingerprint density at radius 2 is 1.95 bits per heavy atom. The number of pyridine rings is 1. The van der Waals surface area contributed by atoms with Gasteiger partial charge in [0.05, 0.1) is 5.54 Å². The van der Waals surface area contributed by atoms with Crippen molar-refractivity contribution in [2.24, 2.45) is 5.92 Å². The third kappa shape index (κ3) is 2.55. The fourth-order valence-electron chi connectivity index (χ4n) is 4.03. The zero-order valence-electron chi connectivity index (χ0n) is 12.9. The van der Waals surface area contributed by atoms with Crippen molar-refractivity contribution in [3.8, 4) is 0 Å². The summed E-state index contributed by atoms with van der Waals surface area (Å²) in [4.78, 5) is 4.71. The van der Waals surface area contributed by atoms with E-state index in [-0.39, 0.29) is 5.54 Å². The van der Waals surface area contributed by atoms with Gasteiger partial charge in [-0.05, 0) is 48.9 Å². The van der Waals surface area contributed by atoms with E-state index in [1.807, 2.05) is 6.20 Å². The molecule has 4 rings (SSSR count). The second kappa shape index (κ2) is 5.82. The fourth-order valence-corrected chi connectivity index (χ4v) is 4.03. The van der Waals surface area contributed by atoms with Crippen LogP contribution in [0.2, 0.25) is 0 Å². The maximum atomic E-state index is 4.71. The first kappa shape index (κ1) is 13.9. The van der Waals surface area contributed by atoms with Crippen molar-refractivity contribution in [2.45, 2.75) is 24.8 Å². The molecule has 0 spiro atoms. The van der Waals surface area contributed by atoms with Gasteiger partial charge in [0.2, 0.25) is 0 Å². The van der Waals surface area contributed by atoms with Crippen LogP contribution in [0.3, 0.4) is 0 Å². The molecule has 0 saturated carbocycles. The zero-order valence-corrected chi connectivity index (χ0v) is 12.9. The normalized spacial score (nSPS) is 27.0. The Kier molecular flexibility index (Phi) is 3.68. The Morgan fingerprint density at radius 3 is 2.86 bits per heavy atom. The monoisotopic (exact) mass is 293 g/mol. The van der Waals surface area contributed by atoms with Crippen LogP contribution in [0.5, 0.6) is 0 Å². The number of benzene rings is 1. The minimum Gasteiger partial charge on any atom is -0.314 e. The molecule has 114 valence electrons. The first-order valence-electron chi connectivity index (χ1n) is 8.30. The summed E-state index contributed by atoms with van der Waals surface area (Å²) in [5, 5.41) is 7.38. The number of aromatic nitrogens is 1. The van der Waals surface area contributed by atoms with E-state index in [0.29, 0.717) is 0 Å². The van der Waals surface area contributed by atoms with Gasteiger partial charge in [-0.1, -0.05) is 36.4 Å². The molecular weight excluding hydrogens is 270 g/mol. The number of nitrogens with one attached hydrogen (secondary N) is 2. The van der Waals surface area contributed by atoms with Gasteiger partial charge >= 0.3 is 0 Å². The molecule has 2 atom stereocenters. The average molecular weight is 293 g/mol. The molecule has 0 amide bonds. The number of nitrogens with zero attached hydrogens (tertiary/aromatic N) is 1. The number of hydrogen-bond donors (Lipinski definition) is 2. The number of hydrogen-bond acceptors (Lipinski definition) is 3. The molecule has 2 unspecified atom stereocenters. The van der Waals surface area contributed by atoms with Gasteiger partial charge in [0, 0.05) is 25.0 Å². The van der Waals surface area contributed by atoms with Crippen molar-refractivity contribution in [1.29, 1.82) is 0 Å². The van der Waals surface area contributed by atoms with Crippen molar-refractivity contribution in [3.63, 3.8) is 0 Å². The van der Waals surface area contributed by atoms with Gasteiger partial charge in [-0.3, -0.25) is 4.98 Å². The Hall–Kier alpha value is -1.71. The lowest BCUT2D eigenvalue weighted by Crippen LogP contribution is -2.48. The highest BCUT2D eigenvalue weighted by Gasteiger charge is 2.44. The summed E-state index contributed by atoms with van der Waals surface area (Å²) in [6, 6.07) is 15.1. The lowest BCUT2D eigenvalue weighted by atomic mass is 9.81. The summed E-state index contributed by atoms with van der Waals surface area (Å²) in [5.74, 6) is 0.760. The molecule has 2 fully saturated rings. The van der Waals surface area contributed by atoms with Gasteiger partial charge in [-0.2, -0.15) is 0 Å². The summed E-state index contributed by atoms with van der Waals surface area (Å²) < 4.78 is 0. The maximum absolute atomic E-state index is 4.71. The first-order valence-corrected chi connectivity index (χ1v) is 8.30. The molecular formula is C19H23N3. The molecule has 3 heteroatoms. The minimum atomic E-state index is 0.100. The fraction of sp³-hybridized carbons (Fsp3) is 0.421. The largest absolute Gasteiger partial charge is 0.314 e. The molecule has 3 heterocycles. The van der Waals surface area contributed by atoms with Crippen molar-refractivity contribution in [3.05, 3.63) is 65.5 Å². The Balaban J connectivity index is 1.59. The molecule has 2 N–H and O–H groups in total. The van der Waals surface area contributed by atoms with Gasteiger partial charge in [-0.15, -0.1) is 0 Å². The molecule has 0 aliphatic carbocycles. The van der Waals surface area contributed by atoms with E-state index in [1.54, 1.807) is 0 Å². The van der Waals surface area contributed by atoms with Gasteiger partial charge in [0.1, 0.15) is 0 Å².